The Bertz CT molecular complexity index is 1240. The van der Waals surface area contributed by atoms with Gasteiger partial charge in [0.1, 0.15) is 13.2 Å². The third-order valence-corrected chi connectivity index (χ3v) is 11.9. The molecular formula is C60H104O6. The van der Waals surface area contributed by atoms with Crippen molar-refractivity contribution in [3.63, 3.8) is 0 Å². The van der Waals surface area contributed by atoms with E-state index in [4.69, 9.17) is 14.2 Å². The van der Waals surface area contributed by atoms with Gasteiger partial charge in [-0.05, 0) is 89.9 Å². The predicted octanol–water partition coefficient (Wildman–Crippen LogP) is 18.6. The standard InChI is InChI=1S/C60H104O6/c1-4-7-10-13-16-19-22-25-28-30-32-35-38-41-44-47-50-53-59(62)65-56-57(55-64-58(61)52-49-46-43-40-37-34-27-24-21-18-15-12-9-6-3)66-60(63)54-51-48-45-42-39-36-33-31-29-26-23-20-17-14-11-8-5-2/h16-17,19-20,25-26,28-29,32,35,41,44,57H,4-15,18,21-24,27,30-31,33-34,36-40,42-43,45-56H2,1-3H3/b19-16+,20-17+,28-25+,29-26+,35-32+,44-41+/t57-/m1/s1. The Balaban J connectivity index is 4.47. The maximum Gasteiger partial charge on any atom is 0.306 e. The van der Waals surface area contributed by atoms with E-state index in [1.54, 1.807) is 0 Å². The molecule has 0 aromatic rings. The highest BCUT2D eigenvalue weighted by atomic mass is 16.6. The predicted molar refractivity (Wildman–Crippen MR) is 284 cm³/mol. The molecule has 0 saturated carbocycles. The topological polar surface area (TPSA) is 78.9 Å². The van der Waals surface area contributed by atoms with Crippen LogP contribution in [0.25, 0.3) is 0 Å². The molecule has 0 heterocycles. The molecule has 1 atom stereocenters. The maximum absolute atomic E-state index is 12.8. The van der Waals surface area contributed by atoms with E-state index >= 15 is 0 Å². The molecule has 0 aromatic carbocycles. The van der Waals surface area contributed by atoms with Crippen LogP contribution < -0.4 is 0 Å². The summed E-state index contributed by atoms with van der Waals surface area (Å²) in [7, 11) is 0. The highest BCUT2D eigenvalue weighted by Gasteiger charge is 2.19. The van der Waals surface area contributed by atoms with Crippen LogP contribution in [-0.2, 0) is 28.6 Å². The zero-order valence-electron chi connectivity index (χ0n) is 43.4. The van der Waals surface area contributed by atoms with Gasteiger partial charge in [0.05, 0.1) is 0 Å². The van der Waals surface area contributed by atoms with E-state index in [0.717, 1.165) is 77.0 Å². The number of unbranched alkanes of at least 4 members (excludes halogenated alkanes) is 27. The van der Waals surface area contributed by atoms with Gasteiger partial charge in [0, 0.05) is 19.3 Å². The molecule has 380 valence electrons. The van der Waals surface area contributed by atoms with E-state index in [0.29, 0.717) is 19.3 Å². The maximum atomic E-state index is 12.8. The summed E-state index contributed by atoms with van der Waals surface area (Å²) in [6.07, 6.45) is 68.9. The summed E-state index contributed by atoms with van der Waals surface area (Å²) >= 11 is 0. The van der Waals surface area contributed by atoms with Crippen molar-refractivity contribution in [2.45, 2.75) is 277 Å². The molecule has 0 unspecified atom stereocenters. The van der Waals surface area contributed by atoms with Crippen molar-refractivity contribution in [1.82, 2.24) is 0 Å². The molecule has 0 N–H and O–H groups in total. The fraction of sp³-hybridized carbons (Fsp3) is 0.750. The number of carbonyl (C=O) groups is 3. The summed E-state index contributed by atoms with van der Waals surface area (Å²) in [5, 5.41) is 0. The van der Waals surface area contributed by atoms with Gasteiger partial charge in [0.15, 0.2) is 6.10 Å². The molecule has 6 heteroatoms. The Kier molecular flexibility index (Phi) is 51.9. The van der Waals surface area contributed by atoms with Crippen molar-refractivity contribution in [1.29, 1.82) is 0 Å². The average Bonchev–Trinajstić information content (AvgIpc) is 3.31. The van der Waals surface area contributed by atoms with Gasteiger partial charge in [-0.3, -0.25) is 14.4 Å². The number of rotatable bonds is 50. The summed E-state index contributed by atoms with van der Waals surface area (Å²) in [4.78, 5) is 38.1. The third-order valence-electron chi connectivity index (χ3n) is 11.9. The van der Waals surface area contributed by atoms with Crippen LogP contribution in [-0.4, -0.2) is 37.2 Å². The number of hydrogen-bond acceptors (Lipinski definition) is 6. The Hall–Kier alpha value is -3.15. The van der Waals surface area contributed by atoms with Crippen molar-refractivity contribution in [2.75, 3.05) is 13.2 Å². The first-order valence-corrected chi connectivity index (χ1v) is 27.9. The Labute approximate surface area is 408 Å². The first-order valence-electron chi connectivity index (χ1n) is 27.9. The second-order valence-corrected chi connectivity index (χ2v) is 18.5. The van der Waals surface area contributed by atoms with Crippen molar-refractivity contribution in [3.8, 4) is 0 Å². The summed E-state index contributed by atoms with van der Waals surface area (Å²) in [6, 6.07) is 0. The lowest BCUT2D eigenvalue weighted by Gasteiger charge is -2.18. The zero-order chi connectivity index (χ0) is 47.9. The molecule has 0 aromatic heterocycles. The monoisotopic (exact) mass is 921 g/mol. The lowest BCUT2D eigenvalue weighted by Crippen LogP contribution is -2.30. The van der Waals surface area contributed by atoms with E-state index in [2.05, 4.69) is 93.7 Å². The van der Waals surface area contributed by atoms with Gasteiger partial charge in [-0.25, -0.2) is 0 Å². The molecule has 0 rings (SSSR count). The second kappa shape index (κ2) is 54.5. The van der Waals surface area contributed by atoms with Crippen LogP contribution in [0.5, 0.6) is 0 Å². The number of ether oxygens (including phenoxy) is 3. The number of hydrogen-bond donors (Lipinski definition) is 0. The molecule has 0 aliphatic carbocycles. The highest BCUT2D eigenvalue weighted by molar-refractivity contribution is 5.71. The zero-order valence-corrected chi connectivity index (χ0v) is 43.4. The summed E-state index contributed by atoms with van der Waals surface area (Å²) in [5.41, 5.74) is 0. The molecular weight excluding hydrogens is 817 g/mol. The molecule has 0 aliphatic heterocycles. The van der Waals surface area contributed by atoms with E-state index in [-0.39, 0.29) is 37.5 Å². The molecule has 0 fully saturated rings. The number of carbonyl (C=O) groups excluding carboxylic acids is 3. The molecule has 0 spiro atoms. The minimum absolute atomic E-state index is 0.0936. The molecule has 0 bridgehead atoms. The largest absolute Gasteiger partial charge is 0.462 e. The number of allylic oxidation sites excluding steroid dienone is 12. The van der Waals surface area contributed by atoms with Gasteiger partial charge in [-0.15, -0.1) is 0 Å². The second-order valence-electron chi connectivity index (χ2n) is 18.5. The highest BCUT2D eigenvalue weighted by Crippen LogP contribution is 2.15. The van der Waals surface area contributed by atoms with Crippen LogP contribution in [0.15, 0.2) is 72.9 Å². The quantitative estimate of drug-likeness (QED) is 0.0262. The minimum atomic E-state index is -0.800. The van der Waals surface area contributed by atoms with Crippen LogP contribution in [0.2, 0.25) is 0 Å². The Morgan fingerprint density at radius 1 is 0.303 bits per heavy atom. The molecule has 0 amide bonds. The van der Waals surface area contributed by atoms with Gasteiger partial charge in [-0.1, -0.05) is 235 Å². The minimum Gasteiger partial charge on any atom is -0.462 e. The summed E-state index contributed by atoms with van der Waals surface area (Å²) < 4.78 is 16.8. The van der Waals surface area contributed by atoms with Crippen molar-refractivity contribution in [2.24, 2.45) is 0 Å². The Morgan fingerprint density at radius 3 is 0.939 bits per heavy atom. The summed E-state index contributed by atoms with van der Waals surface area (Å²) in [5.74, 6) is -0.953. The fourth-order valence-corrected chi connectivity index (χ4v) is 7.70. The third kappa shape index (κ3) is 51.8. The molecule has 0 saturated heterocycles. The van der Waals surface area contributed by atoms with Gasteiger partial charge >= 0.3 is 17.9 Å². The molecule has 6 nitrogen and oxygen atoms in total. The van der Waals surface area contributed by atoms with Crippen LogP contribution in [0, 0.1) is 0 Å². The normalized spacial score (nSPS) is 12.6. The van der Waals surface area contributed by atoms with Gasteiger partial charge in [0.2, 0.25) is 0 Å². The van der Waals surface area contributed by atoms with E-state index in [9.17, 15) is 14.4 Å². The van der Waals surface area contributed by atoms with Crippen LogP contribution >= 0.6 is 0 Å². The fourth-order valence-electron chi connectivity index (χ4n) is 7.70. The smallest absolute Gasteiger partial charge is 0.306 e. The Morgan fingerprint density at radius 2 is 0.561 bits per heavy atom. The van der Waals surface area contributed by atoms with Gasteiger partial charge in [-0.2, -0.15) is 0 Å². The molecule has 0 aliphatic rings. The molecule has 66 heavy (non-hydrogen) atoms. The van der Waals surface area contributed by atoms with Crippen molar-refractivity contribution in [3.05, 3.63) is 72.9 Å². The lowest BCUT2D eigenvalue weighted by molar-refractivity contribution is -0.167. The van der Waals surface area contributed by atoms with Gasteiger partial charge < -0.3 is 14.2 Å². The van der Waals surface area contributed by atoms with E-state index in [1.807, 2.05) is 0 Å². The SMILES string of the molecule is CCCCC/C=C/C/C=C/C/C=C/C/C=C/CCCC(=O)OC[C@@H](COC(=O)CCCCCCCCCCCCCCCC)OC(=O)CCCCCCCCC/C=C/C/C=C/CCCCC. The van der Waals surface area contributed by atoms with Crippen LogP contribution in [0.3, 0.4) is 0 Å². The first kappa shape index (κ1) is 62.8. The van der Waals surface area contributed by atoms with Gasteiger partial charge in [0.25, 0.3) is 0 Å². The van der Waals surface area contributed by atoms with Crippen molar-refractivity contribution < 1.29 is 28.6 Å². The van der Waals surface area contributed by atoms with Crippen LogP contribution in [0.1, 0.15) is 271 Å². The van der Waals surface area contributed by atoms with E-state index < -0.39 is 6.10 Å². The molecule has 0 radical (unpaired) electrons. The number of esters is 3. The van der Waals surface area contributed by atoms with E-state index in [1.165, 1.54) is 148 Å². The first-order chi connectivity index (χ1) is 32.5. The summed E-state index contributed by atoms with van der Waals surface area (Å²) in [6.45, 7) is 6.55. The lowest BCUT2D eigenvalue weighted by atomic mass is 10.0. The van der Waals surface area contributed by atoms with Crippen molar-refractivity contribution >= 4 is 17.9 Å². The van der Waals surface area contributed by atoms with Crippen LogP contribution in [0.4, 0.5) is 0 Å². The average molecular weight is 921 g/mol.